The average molecular weight is 240 g/mol. The summed E-state index contributed by atoms with van der Waals surface area (Å²) in [5, 5.41) is 18.0. The van der Waals surface area contributed by atoms with Crippen LogP contribution in [0, 0.1) is 29.1 Å². The van der Waals surface area contributed by atoms with Crippen LogP contribution in [0.1, 0.15) is 39.5 Å². The molecule has 4 heteroatoms. The van der Waals surface area contributed by atoms with Crippen molar-refractivity contribution in [1.29, 1.82) is 0 Å². The first-order valence-electron chi connectivity index (χ1n) is 6.28. The summed E-state index contributed by atoms with van der Waals surface area (Å²) in [6.45, 7) is 4.38. The van der Waals surface area contributed by atoms with Gasteiger partial charge in [0, 0.05) is 0 Å². The Labute approximate surface area is 101 Å². The molecule has 17 heavy (non-hydrogen) atoms. The maximum absolute atomic E-state index is 11.2. The highest BCUT2D eigenvalue weighted by atomic mass is 16.4. The lowest BCUT2D eigenvalue weighted by molar-refractivity contribution is -0.163. The van der Waals surface area contributed by atoms with Gasteiger partial charge in [-0.3, -0.25) is 9.59 Å². The SMILES string of the molecule is CC1(C)[C@H]2CCC(C(CC(=O)O)C(=O)O)[C@@H]1C2. The highest BCUT2D eigenvalue weighted by molar-refractivity contribution is 5.78. The lowest BCUT2D eigenvalue weighted by Crippen LogP contribution is -2.55. The molecule has 3 rings (SSSR count). The number of carboxylic acids is 2. The van der Waals surface area contributed by atoms with E-state index >= 15 is 0 Å². The molecular formula is C13H20O4. The Morgan fingerprint density at radius 3 is 2.35 bits per heavy atom. The van der Waals surface area contributed by atoms with E-state index in [2.05, 4.69) is 13.8 Å². The molecule has 96 valence electrons. The third-order valence-electron chi connectivity index (χ3n) is 5.14. The van der Waals surface area contributed by atoms with Crippen LogP contribution in [0.4, 0.5) is 0 Å². The molecule has 2 N–H and O–H groups in total. The van der Waals surface area contributed by atoms with Crippen molar-refractivity contribution in [3.8, 4) is 0 Å². The average Bonchev–Trinajstić information content (AvgIpc) is 2.25. The second kappa shape index (κ2) is 4.00. The molecule has 2 bridgehead atoms. The van der Waals surface area contributed by atoms with Gasteiger partial charge in [-0.05, 0) is 42.4 Å². The van der Waals surface area contributed by atoms with E-state index in [1.165, 1.54) is 0 Å². The first-order chi connectivity index (χ1) is 7.84. The van der Waals surface area contributed by atoms with Crippen LogP contribution >= 0.6 is 0 Å². The maximum atomic E-state index is 11.2. The molecule has 3 aliphatic carbocycles. The van der Waals surface area contributed by atoms with Gasteiger partial charge in [0.25, 0.3) is 0 Å². The number of hydrogen-bond donors (Lipinski definition) is 2. The van der Waals surface area contributed by atoms with Gasteiger partial charge in [0.15, 0.2) is 0 Å². The van der Waals surface area contributed by atoms with Gasteiger partial charge in [0.1, 0.15) is 0 Å². The molecule has 3 fully saturated rings. The minimum Gasteiger partial charge on any atom is -0.481 e. The highest BCUT2D eigenvalue weighted by Crippen LogP contribution is 2.63. The topological polar surface area (TPSA) is 74.6 Å². The lowest BCUT2D eigenvalue weighted by Gasteiger charge is -2.61. The van der Waals surface area contributed by atoms with Crippen molar-refractivity contribution in [2.45, 2.75) is 39.5 Å². The van der Waals surface area contributed by atoms with Gasteiger partial charge in [-0.1, -0.05) is 13.8 Å². The summed E-state index contributed by atoms with van der Waals surface area (Å²) in [5.74, 6) is -1.51. The fraction of sp³-hybridized carbons (Fsp3) is 0.846. The van der Waals surface area contributed by atoms with Crippen LogP contribution in [-0.2, 0) is 9.59 Å². The predicted molar refractivity (Wildman–Crippen MR) is 61.5 cm³/mol. The summed E-state index contributed by atoms with van der Waals surface area (Å²) in [6, 6.07) is 0. The largest absolute Gasteiger partial charge is 0.481 e. The Balaban J connectivity index is 2.14. The number of rotatable bonds is 4. The zero-order chi connectivity index (χ0) is 12.8. The molecule has 0 aliphatic heterocycles. The Kier molecular flexibility index (Phi) is 2.92. The van der Waals surface area contributed by atoms with E-state index in [0.29, 0.717) is 11.8 Å². The minimum absolute atomic E-state index is 0.0450. The number of carboxylic acid groups (broad SMARTS) is 2. The van der Waals surface area contributed by atoms with Gasteiger partial charge in [0.05, 0.1) is 12.3 Å². The van der Waals surface area contributed by atoms with Crippen molar-refractivity contribution < 1.29 is 19.8 Å². The zero-order valence-electron chi connectivity index (χ0n) is 10.3. The molecule has 0 aromatic carbocycles. The van der Waals surface area contributed by atoms with Crippen LogP contribution in [0.15, 0.2) is 0 Å². The summed E-state index contributed by atoms with van der Waals surface area (Å²) < 4.78 is 0. The van der Waals surface area contributed by atoms with E-state index < -0.39 is 17.9 Å². The first-order valence-corrected chi connectivity index (χ1v) is 6.28. The normalized spacial score (nSPS) is 35.8. The number of hydrogen-bond acceptors (Lipinski definition) is 2. The third-order valence-corrected chi connectivity index (χ3v) is 5.14. The van der Waals surface area contributed by atoms with Crippen LogP contribution in [0.2, 0.25) is 0 Å². The molecular weight excluding hydrogens is 220 g/mol. The lowest BCUT2D eigenvalue weighted by atomic mass is 9.44. The predicted octanol–water partition coefficient (Wildman–Crippen LogP) is 2.23. The molecule has 0 radical (unpaired) electrons. The van der Waals surface area contributed by atoms with E-state index in [1.807, 2.05) is 0 Å². The van der Waals surface area contributed by atoms with E-state index in [1.54, 1.807) is 0 Å². The number of fused-ring (bicyclic) bond motifs is 2. The minimum atomic E-state index is -1.00. The van der Waals surface area contributed by atoms with Crippen LogP contribution in [-0.4, -0.2) is 22.2 Å². The van der Waals surface area contributed by atoms with Crippen LogP contribution in [0.3, 0.4) is 0 Å². The van der Waals surface area contributed by atoms with Crippen LogP contribution < -0.4 is 0 Å². The quantitative estimate of drug-likeness (QED) is 0.790. The zero-order valence-corrected chi connectivity index (χ0v) is 10.3. The van der Waals surface area contributed by atoms with Gasteiger partial charge in [-0.25, -0.2) is 0 Å². The van der Waals surface area contributed by atoms with E-state index in [9.17, 15) is 14.7 Å². The Bertz CT molecular complexity index is 345. The van der Waals surface area contributed by atoms with Gasteiger partial charge in [0.2, 0.25) is 0 Å². The molecule has 0 aromatic rings. The molecule has 2 unspecified atom stereocenters. The number of carbonyl (C=O) groups is 2. The fourth-order valence-corrected chi connectivity index (χ4v) is 3.96. The molecule has 0 saturated heterocycles. The highest BCUT2D eigenvalue weighted by Gasteiger charge is 2.56. The van der Waals surface area contributed by atoms with E-state index in [0.717, 1.165) is 19.3 Å². The van der Waals surface area contributed by atoms with E-state index in [4.69, 9.17) is 5.11 Å². The standard InChI is InChI=1S/C13H20O4/c1-13(2)7-3-4-8(10(13)5-7)9(12(16)17)6-11(14)15/h7-10H,3-6H2,1-2H3,(H,14,15)(H,16,17)/t7-,8?,9?,10-/m0/s1. The van der Waals surface area contributed by atoms with Crippen LogP contribution in [0.25, 0.3) is 0 Å². The molecule has 0 aromatic heterocycles. The summed E-state index contributed by atoms with van der Waals surface area (Å²) in [5.41, 5.74) is 0.203. The van der Waals surface area contributed by atoms with E-state index in [-0.39, 0.29) is 17.8 Å². The fourth-order valence-electron chi connectivity index (χ4n) is 3.96. The Morgan fingerprint density at radius 2 is 1.94 bits per heavy atom. The number of aliphatic carboxylic acids is 2. The van der Waals surface area contributed by atoms with Crippen molar-refractivity contribution in [1.82, 2.24) is 0 Å². The molecule has 4 nitrogen and oxygen atoms in total. The van der Waals surface area contributed by atoms with Crippen LogP contribution in [0.5, 0.6) is 0 Å². The molecule has 3 aliphatic rings. The summed E-state index contributed by atoms with van der Waals surface area (Å²) in [4.78, 5) is 22.0. The van der Waals surface area contributed by atoms with Crippen molar-refractivity contribution in [3.63, 3.8) is 0 Å². The maximum Gasteiger partial charge on any atom is 0.307 e. The Morgan fingerprint density at radius 1 is 1.29 bits per heavy atom. The summed E-state index contributed by atoms with van der Waals surface area (Å²) in [7, 11) is 0. The van der Waals surface area contributed by atoms with Crippen molar-refractivity contribution >= 4 is 11.9 Å². The second-order valence-electron chi connectivity index (χ2n) is 6.14. The van der Waals surface area contributed by atoms with Crippen molar-refractivity contribution in [2.24, 2.45) is 29.1 Å². The summed E-state index contributed by atoms with van der Waals surface area (Å²) >= 11 is 0. The first kappa shape index (κ1) is 12.4. The van der Waals surface area contributed by atoms with Gasteiger partial charge >= 0.3 is 11.9 Å². The monoisotopic (exact) mass is 240 g/mol. The second-order valence-corrected chi connectivity index (χ2v) is 6.14. The van der Waals surface area contributed by atoms with Gasteiger partial charge < -0.3 is 10.2 Å². The molecule has 0 amide bonds. The molecule has 4 atom stereocenters. The molecule has 0 spiro atoms. The van der Waals surface area contributed by atoms with Crippen molar-refractivity contribution in [3.05, 3.63) is 0 Å². The molecule has 3 saturated carbocycles. The smallest absolute Gasteiger partial charge is 0.307 e. The van der Waals surface area contributed by atoms with Crippen molar-refractivity contribution in [2.75, 3.05) is 0 Å². The van der Waals surface area contributed by atoms with Gasteiger partial charge in [-0.15, -0.1) is 0 Å². The van der Waals surface area contributed by atoms with Gasteiger partial charge in [-0.2, -0.15) is 0 Å². The molecule has 0 heterocycles. The third kappa shape index (κ3) is 1.94. The Hall–Kier alpha value is -1.06. The summed E-state index contributed by atoms with van der Waals surface area (Å²) in [6.07, 6.45) is 2.78.